The van der Waals surface area contributed by atoms with Gasteiger partial charge in [-0.2, -0.15) is 0 Å². The lowest BCUT2D eigenvalue weighted by molar-refractivity contribution is 0.0601. The fourth-order valence-electron chi connectivity index (χ4n) is 1.91. The number of rotatable bonds is 1. The van der Waals surface area contributed by atoms with E-state index in [-0.39, 0.29) is 5.97 Å². The number of methoxy groups -OCH3 is 1. The number of fused-ring (bicyclic) bond motifs is 3. The van der Waals surface area contributed by atoms with E-state index >= 15 is 0 Å². The second kappa shape index (κ2) is 3.59. The lowest BCUT2D eigenvalue weighted by atomic mass is 10.2. The van der Waals surface area contributed by atoms with E-state index in [1.165, 1.54) is 7.11 Å². The molecule has 0 aliphatic carbocycles. The molecule has 0 radical (unpaired) electrons. The van der Waals surface area contributed by atoms with E-state index < -0.39 is 0 Å². The molecule has 84 valence electrons. The third-order valence-electron chi connectivity index (χ3n) is 2.73. The van der Waals surface area contributed by atoms with Gasteiger partial charge in [0.25, 0.3) is 0 Å². The van der Waals surface area contributed by atoms with E-state index in [9.17, 15) is 4.79 Å². The van der Waals surface area contributed by atoms with Gasteiger partial charge in [-0.15, -0.1) is 0 Å². The molecule has 0 bridgehead atoms. The van der Waals surface area contributed by atoms with Crippen molar-refractivity contribution >= 4 is 22.6 Å². The molecule has 0 unspecified atom stereocenters. The molecule has 0 saturated carbocycles. The van der Waals surface area contributed by atoms with Gasteiger partial charge in [-0.3, -0.25) is 4.40 Å². The summed E-state index contributed by atoms with van der Waals surface area (Å²) in [5.74, 6) is -0.344. The van der Waals surface area contributed by atoms with E-state index in [1.807, 2.05) is 34.9 Å². The first-order valence-corrected chi connectivity index (χ1v) is 5.25. The molecule has 0 aliphatic heterocycles. The van der Waals surface area contributed by atoms with Crippen LogP contribution in [0.4, 0.5) is 0 Å². The van der Waals surface area contributed by atoms with Crippen LogP contribution < -0.4 is 0 Å². The van der Waals surface area contributed by atoms with Crippen molar-refractivity contribution in [1.29, 1.82) is 0 Å². The van der Waals surface area contributed by atoms with Crippen molar-refractivity contribution in [1.82, 2.24) is 9.38 Å². The Hall–Kier alpha value is -2.36. The van der Waals surface area contributed by atoms with Crippen molar-refractivity contribution in [3.05, 3.63) is 48.2 Å². The summed E-state index contributed by atoms with van der Waals surface area (Å²) in [4.78, 5) is 15.9. The molecule has 1 aromatic carbocycles. The van der Waals surface area contributed by atoms with E-state index in [4.69, 9.17) is 0 Å². The standard InChI is InChI=1S/C13H10N2O2/c1-17-13(16)9-5-6-11-10(8-9)14-12-4-2-3-7-15(11)12/h2-8H,1H3. The molecule has 17 heavy (non-hydrogen) atoms. The van der Waals surface area contributed by atoms with Gasteiger partial charge in [0.1, 0.15) is 5.65 Å². The molecule has 3 aromatic rings. The highest BCUT2D eigenvalue weighted by Gasteiger charge is 2.09. The van der Waals surface area contributed by atoms with Crippen molar-refractivity contribution in [2.45, 2.75) is 0 Å². The first kappa shape index (κ1) is 9.84. The number of benzene rings is 1. The van der Waals surface area contributed by atoms with Crippen molar-refractivity contribution in [2.75, 3.05) is 7.11 Å². The number of ether oxygens (including phenoxy) is 1. The molecule has 0 saturated heterocycles. The minimum atomic E-state index is -0.344. The summed E-state index contributed by atoms with van der Waals surface area (Å²) in [7, 11) is 1.37. The minimum absolute atomic E-state index is 0.344. The first-order valence-electron chi connectivity index (χ1n) is 5.25. The zero-order chi connectivity index (χ0) is 11.8. The van der Waals surface area contributed by atoms with Gasteiger partial charge in [0.05, 0.1) is 23.7 Å². The second-order valence-corrected chi connectivity index (χ2v) is 3.74. The number of hydrogen-bond donors (Lipinski definition) is 0. The lowest BCUT2D eigenvalue weighted by Crippen LogP contribution is -2.00. The molecule has 3 rings (SSSR count). The molecule has 2 heterocycles. The Kier molecular flexibility index (Phi) is 2.08. The normalized spacial score (nSPS) is 10.9. The monoisotopic (exact) mass is 226 g/mol. The number of nitrogens with zero attached hydrogens (tertiary/aromatic N) is 2. The number of imidazole rings is 1. The third-order valence-corrected chi connectivity index (χ3v) is 2.73. The van der Waals surface area contributed by atoms with Crippen LogP contribution in [0, 0.1) is 0 Å². The average molecular weight is 226 g/mol. The number of esters is 1. The van der Waals surface area contributed by atoms with Crippen LogP contribution in [0.3, 0.4) is 0 Å². The average Bonchev–Trinajstić information content (AvgIpc) is 2.75. The smallest absolute Gasteiger partial charge is 0.337 e. The molecular formula is C13H10N2O2. The van der Waals surface area contributed by atoms with Crippen LogP contribution in [0.15, 0.2) is 42.6 Å². The summed E-state index contributed by atoms with van der Waals surface area (Å²) in [5, 5.41) is 0. The van der Waals surface area contributed by atoms with E-state index in [2.05, 4.69) is 9.72 Å². The molecule has 0 aliphatic rings. The summed E-state index contributed by atoms with van der Waals surface area (Å²) in [6, 6.07) is 11.2. The minimum Gasteiger partial charge on any atom is -0.465 e. The molecule has 0 amide bonds. The number of carbonyl (C=O) groups excluding carboxylic acids is 1. The first-order chi connectivity index (χ1) is 8.29. The molecule has 0 spiro atoms. The van der Waals surface area contributed by atoms with Crippen molar-refractivity contribution in [3.8, 4) is 0 Å². The number of pyridine rings is 1. The van der Waals surface area contributed by atoms with Crippen LogP contribution >= 0.6 is 0 Å². The summed E-state index contributed by atoms with van der Waals surface area (Å²) in [5.41, 5.74) is 3.15. The SMILES string of the molecule is COC(=O)c1ccc2c(c1)nc1ccccn12. The van der Waals surface area contributed by atoms with Crippen LogP contribution in [-0.4, -0.2) is 22.5 Å². The molecule has 0 N–H and O–H groups in total. The van der Waals surface area contributed by atoms with E-state index in [1.54, 1.807) is 12.1 Å². The molecule has 0 atom stereocenters. The van der Waals surface area contributed by atoms with Crippen LogP contribution in [0.1, 0.15) is 10.4 Å². The number of aromatic nitrogens is 2. The van der Waals surface area contributed by atoms with Gasteiger partial charge in [0.2, 0.25) is 0 Å². The predicted molar refractivity (Wildman–Crippen MR) is 64.0 cm³/mol. The largest absolute Gasteiger partial charge is 0.465 e. The van der Waals surface area contributed by atoms with Gasteiger partial charge in [0.15, 0.2) is 0 Å². The summed E-state index contributed by atoms with van der Waals surface area (Å²) >= 11 is 0. The Morgan fingerprint density at radius 2 is 2.18 bits per heavy atom. The summed E-state index contributed by atoms with van der Waals surface area (Å²) in [6.07, 6.45) is 1.95. The Bertz CT molecular complexity index is 716. The highest BCUT2D eigenvalue weighted by Crippen LogP contribution is 2.18. The van der Waals surface area contributed by atoms with Crippen LogP contribution in [0.25, 0.3) is 16.7 Å². The maximum Gasteiger partial charge on any atom is 0.337 e. The van der Waals surface area contributed by atoms with E-state index in [0.717, 1.165) is 16.7 Å². The Balaban J connectivity index is 2.30. The van der Waals surface area contributed by atoms with E-state index in [0.29, 0.717) is 5.56 Å². The van der Waals surface area contributed by atoms with Gasteiger partial charge in [-0.1, -0.05) is 6.07 Å². The van der Waals surface area contributed by atoms with Crippen molar-refractivity contribution < 1.29 is 9.53 Å². The third kappa shape index (κ3) is 1.45. The second-order valence-electron chi connectivity index (χ2n) is 3.74. The number of carbonyl (C=O) groups is 1. The molecule has 2 aromatic heterocycles. The molecule has 4 heteroatoms. The zero-order valence-corrected chi connectivity index (χ0v) is 9.25. The highest BCUT2D eigenvalue weighted by atomic mass is 16.5. The van der Waals surface area contributed by atoms with Gasteiger partial charge in [-0.05, 0) is 30.3 Å². The fourth-order valence-corrected chi connectivity index (χ4v) is 1.91. The van der Waals surface area contributed by atoms with Gasteiger partial charge in [-0.25, -0.2) is 9.78 Å². The Labute approximate surface area is 97.5 Å². The maximum absolute atomic E-state index is 11.4. The highest BCUT2D eigenvalue weighted by molar-refractivity contribution is 5.94. The van der Waals surface area contributed by atoms with Gasteiger partial charge >= 0.3 is 5.97 Å². The Morgan fingerprint density at radius 1 is 1.29 bits per heavy atom. The summed E-state index contributed by atoms with van der Waals surface area (Å²) < 4.78 is 6.67. The zero-order valence-electron chi connectivity index (χ0n) is 9.25. The van der Waals surface area contributed by atoms with Gasteiger partial charge < -0.3 is 4.74 Å². The Morgan fingerprint density at radius 3 is 3.00 bits per heavy atom. The van der Waals surface area contributed by atoms with Crippen LogP contribution in [0.5, 0.6) is 0 Å². The fraction of sp³-hybridized carbons (Fsp3) is 0.0769. The van der Waals surface area contributed by atoms with Gasteiger partial charge in [0, 0.05) is 6.20 Å². The van der Waals surface area contributed by atoms with Crippen molar-refractivity contribution in [2.24, 2.45) is 0 Å². The molecular weight excluding hydrogens is 216 g/mol. The lowest BCUT2D eigenvalue weighted by Gasteiger charge is -1.98. The maximum atomic E-state index is 11.4. The summed E-state index contributed by atoms with van der Waals surface area (Å²) in [6.45, 7) is 0. The van der Waals surface area contributed by atoms with Crippen LogP contribution in [-0.2, 0) is 4.74 Å². The topological polar surface area (TPSA) is 43.6 Å². The van der Waals surface area contributed by atoms with Crippen LogP contribution in [0.2, 0.25) is 0 Å². The molecule has 0 fully saturated rings. The predicted octanol–water partition coefficient (Wildman–Crippen LogP) is 2.27. The quantitative estimate of drug-likeness (QED) is 0.598. The van der Waals surface area contributed by atoms with Crippen molar-refractivity contribution in [3.63, 3.8) is 0 Å². The number of hydrogen-bond acceptors (Lipinski definition) is 3. The molecule has 4 nitrogen and oxygen atoms in total.